The lowest BCUT2D eigenvalue weighted by Crippen LogP contribution is -2.31. The van der Waals surface area contributed by atoms with Crippen molar-refractivity contribution in [3.05, 3.63) is 11.9 Å². The third kappa shape index (κ3) is 5.35. The van der Waals surface area contributed by atoms with Crippen LogP contribution in [0.2, 0.25) is 0 Å². The Kier molecular flexibility index (Phi) is 6.24. The third-order valence-electron chi connectivity index (χ3n) is 3.16. The molecule has 4 nitrogen and oxygen atoms in total. The number of aromatic nitrogens is 2. The Morgan fingerprint density at radius 1 is 1.10 bits per heavy atom. The molecule has 0 amide bonds. The van der Waals surface area contributed by atoms with Crippen LogP contribution in [0.3, 0.4) is 0 Å². The van der Waals surface area contributed by atoms with Crippen molar-refractivity contribution in [3.63, 3.8) is 0 Å². The van der Waals surface area contributed by atoms with Gasteiger partial charge in [-0.2, -0.15) is 0 Å². The van der Waals surface area contributed by atoms with Crippen LogP contribution in [0.25, 0.3) is 0 Å². The summed E-state index contributed by atoms with van der Waals surface area (Å²) in [6.07, 6.45) is 3.36. The van der Waals surface area contributed by atoms with Gasteiger partial charge in [-0.05, 0) is 26.7 Å². The van der Waals surface area contributed by atoms with Gasteiger partial charge in [0.2, 0.25) is 0 Å². The molecule has 114 valence electrons. The van der Waals surface area contributed by atoms with Gasteiger partial charge in [-0.15, -0.1) is 0 Å². The van der Waals surface area contributed by atoms with Crippen LogP contribution in [0.5, 0.6) is 0 Å². The van der Waals surface area contributed by atoms with E-state index in [0.717, 1.165) is 43.3 Å². The van der Waals surface area contributed by atoms with Crippen molar-refractivity contribution in [1.29, 1.82) is 0 Å². The van der Waals surface area contributed by atoms with Crippen LogP contribution >= 0.6 is 0 Å². The Morgan fingerprint density at radius 3 is 2.30 bits per heavy atom. The molecule has 0 radical (unpaired) electrons. The standard InChI is InChI=1S/C16H30N4/c1-7-9-16(5,6)20-14-11-13(17-10-8-2)18-15(19-14)12(3)4/h11-12H,7-10H2,1-6H3,(H2,17,18,19,20). The van der Waals surface area contributed by atoms with Crippen molar-refractivity contribution in [3.8, 4) is 0 Å². The molecule has 20 heavy (non-hydrogen) atoms. The molecule has 0 aromatic carbocycles. The SMILES string of the molecule is CCCNc1cc(NC(C)(C)CCC)nc(C(C)C)n1. The molecule has 0 saturated heterocycles. The summed E-state index contributed by atoms with van der Waals surface area (Å²) in [6, 6.07) is 2.01. The number of rotatable bonds is 8. The van der Waals surface area contributed by atoms with Crippen LogP contribution in [0.15, 0.2) is 6.07 Å². The highest BCUT2D eigenvalue weighted by Crippen LogP contribution is 2.22. The second-order valence-corrected chi connectivity index (χ2v) is 6.34. The average Bonchev–Trinajstić information content (AvgIpc) is 2.35. The molecule has 0 aliphatic carbocycles. The summed E-state index contributed by atoms with van der Waals surface area (Å²) in [6.45, 7) is 14.0. The molecule has 4 heteroatoms. The van der Waals surface area contributed by atoms with E-state index >= 15 is 0 Å². The Bertz CT molecular complexity index is 413. The summed E-state index contributed by atoms with van der Waals surface area (Å²) in [5.41, 5.74) is 0.0549. The lowest BCUT2D eigenvalue weighted by Gasteiger charge is -2.27. The first-order valence-electron chi connectivity index (χ1n) is 7.79. The highest BCUT2D eigenvalue weighted by molar-refractivity contribution is 5.49. The maximum atomic E-state index is 4.65. The molecule has 0 bridgehead atoms. The number of nitrogens with one attached hydrogen (secondary N) is 2. The van der Waals surface area contributed by atoms with E-state index in [-0.39, 0.29) is 5.54 Å². The fourth-order valence-electron chi connectivity index (χ4n) is 2.17. The van der Waals surface area contributed by atoms with E-state index in [0.29, 0.717) is 5.92 Å². The molecule has 0 atom stereocenters. The zero-order valence-electron chi connectivity index (χ0n) is 13.9. The van der Waals surface area contributed by atoms with E-state index < -0.39 is 0 Å². The minimum Gasteiger partial charge on any atom is -0.370 e. The van der Waals surface area contributed by atoms with Crippen LogP contribution < -0.4 is 10.6 Å². The summed E-state index contributed by atoms with van der Waals surface area (Å²) in [5.74, 6) is 3.05. The Balaban J connectivity index is 2.96. The summed E-state index contributed by atoms with van der Waals surface area (Å²) < 4.78 is 0. The van der Waals surface area contributed by atoms with Gasteiger partial charge in [-0.25, -0.2) is 9.97 Å². The van der Waals surface area contributed by atoms with Crippen LogP contribution in [-0.4, -0.2) is 22.1 Å². The van der Waals surface area contributed by atoms with Gasteiger partial charge in [0.25, 0.3) is 0 Å². The second kappa shape index (κ2) is 7.46. The van der Waals surface area contributed by atoms with Gasteiger partial charge in [0, 0.05) is 24.1 Å². The first-order chi connectivity index (χ1) is 9.38. The summed E-state index contributed by atoms with van der Waals surface area (Å²) >= 11 is 0. The summed E-state index contributed by atoms with van der Waals surface area (Å²) in [5, 5.41) is 6.90. The van der Waals surface area contributed by atoms with Gasteiger partial charge in [0.15, 0.2) is 0 Å². The van der Waals surface area contributed by atoms with Gasteiger partial charge < -0.3 is 10.6 Å². The molecule has 0 spiro atoms. The van der Waals surface area contributed by atoms with E-state index in [2.05, 4.69) is 62.1 Å². The van der Waals surface area contributed by atoms with Gasteiger partial charge in [-0.3, -0.25) is 0 Å². The lowest BCUT2D eigenvalue weighted by atomic mass is 9.99. The van der Waals surface area contributed by atoms with E-state index in [1.54, 1.807) is 0 Å². The Morgan fingerprint density at radius 2 is 1.75 bits per heavy atom. The molecule has 2 N–H and O–H groups in total. The predicted octanol–water partition coefficient (Wildman–Crippen LogP) is 4.41. The van der Waals surface area contributed by atoms with Gasteiger partial charge in [0.1, 0.15) is 17.5 Å². The fraction of sp³-hybridized carbons (Fsp3) is 0.750. The molecule has 1 heterocycles. The van der Waals surface area contributed by atoms with Crippen molar-refractivity contribution < 1.29 is 0 Å². The second-order valence-electron chi connectivity index (χ2n) is 6.34. The average molecular weight is 278 g/mol. The highest BCUT2D eigenvalue weighted by atomic mass is 15.1. The van der Waals surface area contributed by atoms with Crippen molar-refractivity contribution >= 4 is 11.6 Å². The Labute approximate surface area is 123 Å². The normalized spacial score (nSPS) is 11.8. The number of hydrogen-bond donors (Lipinski definition) is 2. The molecule has 0 aliphatic heterocycles. The first-order valence-corrected chi connectivity index (χ1v) is 7.79. The quantitative estimate of drug-likeness (QED) is 0.739. The smallest absolute Gasteiger partial charge is 0.135 e. The van der Waals surface area contributed by atoms with E-state index in [1.807, 2.05) is 6.07 Å². The summed E-state index contributed by atoms with van der Waals surface area (Å²) in [4.78, 5) is 9.23. The molecular weight excluding hydrogens is 248 g/mol. The Hall–Kier alpha value is -1.32. The molecule has 1 rings (SSSR count). The van der Waals surface area contributed by atoms with Gasteiger partial charge in [-0.1, -0.05) is 34.1 Å². The largest absolute Gasteiger partial charge is 0.370 e. The van der Waals surface area contributed by atoms with Gasteiger partial charge in [0.05, 0.1) is 0 Å². The summed E-state index contributed by atoms with van der Waals surface area (Å²) in [7, 11) is 0. The van der Waals surface area contributed by atoms with Crippen LogP contribution in [0, 0.1) is 0 Å². The first kappa shape index (κ1) is 16.7. The molecule has 0 fully saturated rings. The van der Waals surface area contributed by atoms with Crippen molar-refractivity contribution in [2.45, 2.75) is 72.3 Å². The van der Waals surface area contributed by atoms with Crippen molar-refractivity contribution in [2.75, 3.05) is 17.2 Å². The highest BCUT2D eigenvalue weighted by Gasteiger charge is 2.18. The van der Waals surface area contributed by atoms with Crippen LogP contribution in [-0.2, 0) is 0 Å². The molecule has 0 aliphatic rings. The number of anilines is 2. The zero-order chi connectivity index (χ0) is 15.2. The minimum atomic E-state index is 0.0549. The number of hydrogen-bond acceptors (Lipinski definition) is 4. The molecule has 0 saturated carbocycles. The van der Waals surface area contributed by atoms with Gasteiger partial charge >= 0.3 is 0 Å². The van der Waals surface area contributed by atoms with Crippen molar-refractivity contribution in [2.24, 2.45) is 0 Å². The van der Waals surface area contributed by atoms with Crippen LogP contribution in [0.1, 0.15) is 72.5 Å². The lowest BCUT2D eigenvalue weighted by molar-refractivity contribution is 0.508. The zero-order valence-corrected chi connectivity index (χ0v) is 13.9. The monoisotopic (exact) mass is 278 g/mol. The van der Waals surface area contributed by atoms with Crippen molar-refractivity contribution in [1.82, 2.24) is 9.97 Å². The van der Waals surface area contributed by atoms with E-state index in [9.17, 15) is 0 Å². The maximum absolute atomic E-state index is 4.65. The van der Waals surface area contributed by atoms with Crippen LogP contribution in [0.4, 0.5) is 11.6 Å². The molecule has 1 aromatic heterocycles. The van der Waals surface area contributed by atoms with E-state index in [1.165, 1.54) is 0 Å². The number of nitrogens with zero attached hydrogens (tertiary/aromatic N) is 2. The minimum absolute atomic E-state index is 0.0549. The topological polar surface area (TPSA) is 49.8 Å². The molecular formula is C16H30N4. The maximum Gasteiger partial charge on any atom is 0.135 e. The van der Waals surface area contributed by atoms with E-state index in [4.69, 9.17) is 0 Å². The fourth-order valence-corrected chi connectivity index (χ4v) is 2.17. The third-order valence-corrected chi connectivity index (χ3v) is 3.16. The molecule has 1 aromatic rings. The molecule has 0 unspecified atom stereocenters. The predicted molar refractivity (Wildman–Crippen MR) is 87.5 cm³/mol.